The Hall–Kier alpha value is -1.14. The van der Waals surface area contributed by atoms with Crippen LogP contribution in [0.25, 0.3) is 0 Å². The highest BCUT2D eigenvalue weighted by Crippen LogP contribution is 2.32. The molecule has 2 saturated heterocycles. The predicted molar refractivity (Wildman–Crippen MR) is 80.4 cm³/mol. The van der Waals surface area contributed by atoms with Crippen molar-refractivity contribution in [1.82, 2.24) is 5.32 Å². The van der Waals surface area contributed by atoms with Crippen LogP contribution in [0.15, 0.2) is 18.2 Å². The minimum absolute atomic E-state index is 0.0713. The number of nitrogens with one attached hydrogen (secondary N) is 1. The monoisotopic (exact) mass is 296 g/mol. The Morgan fingerprint density at radius 3 is 2.79 bits per heavy atom. The van der Waals surface area contributed by atoms with E-state index >= 15 is 0 Å². The molecule has 4 nitrogen and oxygen atoms in total. The van der Waals surface area contributed by atoms with Gasteiger partial charge in [-0.15, -0.1) is 0 Å². The molecule has 19 heavy (non-hydrogen) atoms. The van der Waals surface area contributed by atoms with Gasteiger partial charge in [0.1, 0.15) is 0 Å². The van der Waals surface area contributed by atoms with Gasteiger partial charge in [0.2, 0.25) is 0 Å². The van der Waals surface area contributed by atoms with Crippen molar-refractivity contribution in [2.24, 2.45) is 0 Å². The second kappa shape index (κ2) is 4.18. The molecule has 0 aliphatic carbocycles. The largest absolute Gasteiger partial charge is 0.356 e. The molecule has 0 aromatic heterocycles. The van der Waals surface area contributed by atoms with Crippen LogP contribution in [0, 0.1) is 13.8 Å². The maximum Gasteiger partial charge on any atom is 0.174 e. The van der Waals surface area contributed by atoms with E-state index < -0.39 is 9.84 Å². The molecule has 2 aliphatic heterocycles. The Kier molecular flexibility index (Phi) is 2.83. The number of hydrogen-bond acceptors (Lipinski definition) is 3. The number of sulfone groups is 1. The fraction of sp³-hybridized carbons (Fsp3) is 0.462. The summed E-state index contributed by atoms with van der Waals surface area (Å²) in [6.07, 6.45) is 0. The third-order valence-corrected chi connectivity index (χ3v) is 5.84. The van der Waals surface area contributed by atoms with Gasteiger partial charge in [0.05, 0.1) is 23.6 Å². The van der Waals surface area contributed by atoms with Gasteiger partial charge in [-0.1, -0.05) is 12.1 Å². The number of anilines is 1. The topological polar surface area (TPSA) is 49.4 Å². The number of nitrogens with zero attached hydrogens (tertiary/aromatic N) is 1. The van der Waals surface area contributed by atoms with E-state index in [4.69, 9.17) is 12.2 Å². The van der Waals surface area contributed by atoms with Gasteiger partial charge in [0.25, 0.3) is 0 Å². The Morgan fingerprint density at radius 1 is 1.32 bits per heavy atom. The van der Waals surface area contributed by atoms with Crippen LogP contribution in [-0.2, 0) is 9.84 Å². The summed E-state index contributed by atoms with van der Waals surface area (Å²) < 4.78 is 23.5. The molecule has 1 aromatic rings. The third-order valence-electron chi connectivity index (χ3n) is 3.81. The first-order chi connectivity index (χ1) is 8.87. The fourth-order valence-electron chi connectivity index (χ4n) is 2.87. The number of rotatable bonds is 1. The van der Waals surface area contributed by atoms with Gasteiger partial charge in [-0.25, -0.2) is 8.42 Å². The molecule has 1 aromatic carbocycles. The SMILES string of the molecule is Cc1ccc(C)c(N2C(=S)N[C@H]3CS(=O)(=O)C[C@@H]32)c1. The van der Waals surface area contributed by atoms with E-state index in [0.29, 0.717) is 5.11 Å². The van der Waals surface area contributed by atoms with E-state index in [1.165, 1.54) is 0 Å². The summed E-state index contributed by atoms with van der Waals surface area (Å²) in [5.41, 5.74) is 3.27. The highest BCUT2D eigenvalue weighted by atomic mass is 32.2. The van der Waals surface area contributed by atoms with Crippen molar-refractivity contribution in [1.29, 1.82) is 0 Å². The summed E-state index contributed by atoms with van der Waals surface area (Å²) in [5.74, 6) is 0.358. The lowest BCUT2D eigenvalue weighted by Gasteiger charge is -2.25. The van der Waals surface area contributed by atoms with E-state index in [2.05, 4.69) is 11.4 Å². The zero-order valence-corrected chi connectivity index (χ0v) is 12.5. The average Bonchev–Trinajstić information content (AvgIpc) is 2.73. The number of fused-ring (bicyclic) bond motifs is 1. The minimum atomic E-state index is -2.96. The van der Waals surface area contributed by atoms with Gasteiger partial charge < -0.3 is 10.2 Å². The van der Waals surface area contributed by atoms with Gasteiger partial charge in [-0.3, -0.25) is 0 Å². The first-order valence-corrected chi connectivity index (χ1v) is 8.48. The first kappa shape index (κ1) is 12.9. The summed E-state index contributed by atoms with van der Waals surface area (Å²) in [6, 6.07) is 6.02. The molecular weight excluding hydrogens is 280 g/mol. The van der Waals surface area contributed by atoms with Crippen molar-refractivity contribution in [3.05, 3.63) is 29.3 Å². The average molecular weight is 296 g/mol. The molecule has 1 N–H and O–H groups in total. The molecule has 2 aliphatic rings. The second-order valence-electron chi connectivity index (χ2n) is 5.36. The summed E-state index contributed by atoms with van der Waals surface area (Å²) in [7, 11) is -2.96. The molecule has 0 saturated carbocycles. The van der Waals surface area contributed by atoms with Crippen LogP contribution in [0.3, 0.4) is 0 Å². The second-order valence-corrected chi connectivity index (χ2v) is 7.90. The summed E-state index contributed by atoms with van der Waals surface area (Å²) >= 11 is 5.37. The smallest absolute Gasteiger partial charge is 0.174 e. The van der Waals surface area contributed by atoms with E-state index in [-0.39, 0.29) is 23.6 Å². The lowest BCUT2D eigenvalue weighted by Crippen LogP contribution is -2.37. The van der Waals surface area contributed by atoms with Gasteiger partial charge in [-0.05, 0) is 43.3 Å². The Morgan fingerprint density at radius 2 is 2.05 bits per heavy atom. The standard InChI is InChI=1S/C13H16N2O2S2/c1-8-3-4-9(2)11(5-8)15-12-7-19(16,17)6-10(12)14-13(15)18/h3-5,10,12H,6-7H2,1-2H3,(H,14,18)/t10-,12-/m0/s1. The van der Waals surface area contributed by atoms with Gasteiger partial charge in [0, 0.05) is 5.69 Å². The Labute approximate surface area is 118 Å². The van der Waals surface area contributed by atoms with Crippen molar-refractivity contribution < 1.29 is 8.42 Å². The van der Waals surface area contributed by atoms with Gasteiger partial charge >= 0.3 is 0 Å². The Balaban J connectivity index is 2.04. The number of thiocarbonyl (C=S) groups is 1. The lowest BCUT2D eigenvalue weighted by atomic mass is 10.1. The first-order valence-electron chi connectivity index (χ1n) is 6.25. The molecule has 0 amide bonds. The molecule has 0 radical (unpaired) electrons. The van der Waals surface area contributed by atoms with Crippen LogP contribution in [0.2, 0.25) is 0 Å². The van der Waals surface area contributed by atoms with Crippen LogP contribution >= 0.6 is 12.2 Å². The molecule has 2 fully saturated rings. The number of benzene rings is 1. The molecule has 2 atom stereocenters. The van der Waals surface area contributed by atoms with Crippen molar-refractivity contribution in [2.45, 2.75) is 25.9 Å². The van der Waals surface area contributed by atoms with Gasteiger partial charge in [-0.2, -0.15) is 0 Å². The highest BCUT2D eigenvalue weighted by Gasteiger charge is 2.47. The highest BCUT2D eigenvalue weighted by molar-refractivity contribution is 7.91. The molecule has 0 spiro atoms. The minimum Gasteiger partial charge on any atom is -0.356 e. The Bertz CT molecular complexity index is 655. The summed E-state index contributed by atoms with van der Waals surface area (Å²) in [4.78, 5) is 1.98. The predicted octanol–water partition coefficient (Wildman–Crippen LogP) is 1.16. The van der Waals surface area contributed by atoms with Crippen LogP contribution in [0.4, 0.5) is 5.69 Å². The molecule has 2 heterocycles. The molecule has 102 valence electrons. The van der Waals surface area contributed by atoms with Gasteiger partial charge in [0.15, 0.2) is 14.9 Å². The zero-order valence-electron chi connectivity index (χ0n) is 10.9. The van der Waals surface area contributed by atoms with Crippen LogP contribution < -0.4 is 10.2 Å². The maximum absolute atomic E-state index is 11.8. The van der Waals surface area contributed by atoms with Crippen LogP contribution in [0.5, 0.6) is 0 Å². The molecular formula is C13H16N2O2S2. The zero-order chi connectivity index (χ0) is 13.8. The number of aryl methyl sites for hydroxylation is 2. The lowest BCUT2D eigenvalue weighted by molar-refractivity contribution is 0.600. The quantitative estimate of drug-likeness (QED) is 0.788. The van der Waals surface area contributed by atoms with Crippen molar-refractivity contribution >= 4 is 32.9 Å². The van der Waals surface area contributed by atoms with Crippen LogP contribution in [-0.4, -0.2) is 37.1 Å². The van der Waals surface area contributed by atoms with Crippen LogP contribution in [0.1, 0.15) is 11.1 Å². The third kappa shape index (κ3) is 2.12. The van der Waals surface area contributed by atoms with E-state index in [9.17, 15) is 8.42 Å². The van der Waals surface area contributed by atoms with E-state index in [0.717, 1.165) is 16.8 Å². The summed E-state index contributed by atoms with van der Waals surface area (Å²) in [5, 5.41) is 3.78. The number of hydrogen-bond donors (Lipinski definition) is 1. The normalized spacial score (nSPS) is 28.3. The van der Waals surface area contributed by atoms with E-state index in [1.54, 1.807) is 0 Å². The van der Waals surface area contributed by atoms with Crippen molar-refractivity contribution in [2.75, 3.05) is 16.4 Å². The molecule has 0 unspecified atom stereocenters. The summed E-state index contributed by atoms with van der Waals surface area (Å²) in [6.45, 7) is 4.05. The molecule has 6 heteroatoms. The van der Waals surface area contributed by atoms with E-state index in [1.807, 2.05) is 30.9 Å². The molecule has 0 bridgehead atoms. The van der Waals surface area contributed by atoms with Crippen molar-refractivity contribution in [3.8, 4) is 0 Å². The maximum atomic E-state index is 11.8. The van der Waals surface area contributed by atoms with Crippen molar-refractivity contribution in [3.63, 3.8) is 0 Å². The fourth-order valence-corrected chi connectivity index (χ4v) is 5.14. The molecule has 3 rings (SSSR count).